The van der Waals surface area contributed by atoms with Crippen molar-refractivity contribution in [2.75, 3.05) is 0 Å². The molecular weight excluding hydrogens is 466 g/mol. The van der Waals surface area contributed by atoms with Gasteiger partial charge in [0.15, 0.2) is 0 Å². The van der Waals surface area contributed by atoms with Gasteiger partial charge >= 0.3 is 6.03 Å². The summed E-state index contributed by atoms with van der Waals surface area (Å²) >= 11 is 0. The van der Waals surface area contributed by atoms with E-state index in [4.69, 9.17) is 0 Å². The summed E-state index contributed by atoms with van der Waals surface area (Å²) < 4.78 is 0. The van der Waals surface area contributed by atoms with Gasteiger partial charge in [-0.25, -0.2) is 4.79 Å². The minimum Gasteiger partial charge on any atom is -0.505 e. The van der Waals surface area contributed by atoms with Gasteiger partial charge in [0.1, 0.15) is 28.2 Å². The lowest BCUT2D eigenvalue weighted by molar-refractivity contribution is -0.126. The summed E-state index contributed by atoms with van der Waals surface area (Å²) in [5, 5.41) is 20.3. The summed E-state index contributed by atoms with van der Waals surface area (Å²) in [7, 11) is 0. The molecule has 0 aliphatic carbocycles. The maximum absolute atomic E-state index is 13.6. The SMILES string of the molecule is Cc1ccc(/C=C2\C(=O)N(C(C)(C)C)C(=O)N2Cc2cc(C)cc(-n3nc4ccccc4n3)c2O)cc1. The molecule has 1 N–H and O–H groups in total. The molecule has 0 atom stereocenters. The van der Waals surface area contributed by atoms with Gasteiger partial charge in [-0.2, -0.15) is 0 Å². The number of aromatic nitrogens is 3. The van der Waals surface area contributed by atoms with Crippen LogP contribution in [-0.4, -0.2) is 47.4 Å². The Bertz CT molecular complexity index is 1530. The molecular formula is C29H29N5O3. The van der Waals surface area contributed by atoms with Crippen molar-refractivity contribution in [1.29, 1.82) is 0 Å². The summed E-state index contributed by atoms with van der Waals surface area (Å²) in [5.74, 6) is -0.416. The van der Waals surface area contributed by atoms with Crippen molar-refractivity contribution < 1.29 is 14.7 Å². The summed E-state index contributed by atoms with van der Waals surface area (Å²) in [4.78, 5) is 31.1. The zero-order valence-electron chi connectivity index (χ0n) is 21.6. The smallest absolute Gasteiger partial charge is 0.332 e. The predicted molar refractivity (Wildman–Crippen MR) is 142 cm³/mol. The van der Waals surface area contributed by atoms with Crippen molar-refractivity contribution in [3.05, 3.63) is 88.6 Å². The molecule has 5 rings (SSSR count). The Morgan fingerprint density at radius 3 is 2.11 bits per heavy atom. The van der Waals surface area contributed by atoms with E-state index in [0.717, 1.165) is 16.7 Å². The molecule has 8 nitrogen and oxygen atoms in total. The van der Waals surface area contributed by atoms with Gasteiger partial charge in [0.05, 0.1) is 6.54 Å². The lowest BCUT2D eigenvalue weighted by atomic mass is 10.1. The van der Waals surface area contributed by atoms with Crippen LogP contribution >= 0.6 is 0 Å². The third-order valence-electron chi connectivity index (χ3n) is 6.33. The van der Waals surface area contributed by atoms with Crippen LogP contribution in [0.1, 0.15) is 43.0 Å². The number of nitrogens with zero attached hydrogens (tertiary/aromatic N) is 5. The van der Waals surface area contributed by atoms with Crippen molar-refractivity contribution in [3.8, 4) is 11.4 Å². The molecule has 1 fully saturated rings. The van der Waals surface area contributed by atoms with Gasteiger partial charge in [-0.3, -0.25) is 14.6 Å². The van der Waals surface area contributed by atoms with Crippen molar-refractivity contribution >= 4 is 29.0 Å². The second-order valence-corrected chi connectivity index (χ2v) is 10.4. The van der Waals surface area contributed by atoms with E-state index in [1.807, 2.05) is 89.2 Å². The normalized spacial score (nSPS) is 15.4. The van der Waals surface area contributed by atoms with Crippen molar-refractivity contribution in [2.24, 2.45) is 0 Å². The molecule has 0 bridgehead atoms. The number of rotatable bonds is 4. The zero-order chi connectivity index (χ0) is 26.5. The Hall–Kier alpha value is -4.46. The van der Waals surface area contributed by atoms with Crippen LogP contribution in [0, 0.1) is 13.8 Å². The average molecular weight is 496 g/mol. The van der Waals surface area contributed by atoms with Crippen LogP contribution in [0.2, 0.25) is 0 Å². The van der Waals surface area contributed by atoms with Gasteiger partial charge < -0.3 is 5.11 Å². The maximum atomic E-state index is 13.6. The number of phenolic OH excluding ortho intramolecular Hbond substituents is 1. The molecule has 188 valence electrons. The highest BCUT2D eigenvalue weighted by atomic mass is 16.3. The number of hydrogen-bond donors (Lipinski definition) is 1. The first-order chi connectivity index (χ1) is 17.5. The molecule has 0 unspecified atom stereocenters. The number of benzene rings is 3. The summed E-state index contributed by atoms with van der Waals surface area (Å²) in [6.45, 7) is 9.38. The Morgan fingerprint density at radius 1 is 0.892 bits per heavy atom. The first-order valence-electron chi connectivity index (χ1n) is 12.1. The molecule has 4 aromatic rings. The van der Waals surface area contributed by atoms with Gasteiger partial charge in [-0.05, 0) is 70.0 Å². The van der Waals surface area contributed by atoms with Crippen LogP contribution in [-0.2, 0) is 11.3 Å². The lowest BCUT2D eigenvalue weighted by Gasteiger charge is -2.29. The minimum absolute atomic E-state index is 0.0101. The van der Waals surface area contributed by atoms with Gasteiger partial charge in [0.2, 0.25) is 0 Å². The lowest BCUT2D eigenvalue weighted by Crippen LogP contribution is -2.46. The van der Waals surface area contributed by atoms with Crippen molar-refractivity contribution in [3.63, 3.8) is 0 Å². The molecule has 0 spiro atoms. The van der Waals surface area contributed by atoms with Gasteiger partial charge in [-0.1, -0.05) is 48.0 Å². The highest BCUT2D eigenvalue weighted by Gasteiger charge is 2.46. The highest BCUT2D eigenvalue weighted by Crippen LogP contribution is 2.35. The van der Waals surface area contributed by atoms with Gasteiger partial charge in [-0.15, -0.1) is 15.0 Å². The van der Waals surface area contributed by atoms with Gasteiger partial charge in [0.25, 0.3) is 5.91 Å². The quantitative estimate of drug-likeness (QED) is 0.305. The van der Waals surface area contributed by atoms with Crippen molar-refractivity contribution in [1.82, 2.24) is 24.8 Å². The number of amides is 3. The number of carbonyl (C=O) groups excluding carboxylic acids is 2. The Labute approximate surface area is 215 Å². The van der Waals surface area contributed by atoms with E-state index in [2.05, 4.69) is 10.2 Å². The molecule has 0 saturated carbocycles. The molecule has 1 aliphatic rings. The second kappa shape index (κ2) is 8.89. The number of phenols is 1. The van der Waals surface area contributed by atoms with Crippen LogP contribution in [0.15, 0.2) is 66.4 Å². The third kappa shape index (κ3) is 4.46. The van der Waals surface area contributed by atoms with Crippen LogP contribution in [0.4, 0.5) is 4.79 Å². The number of aryl methyl sites for hydroxylation is 2. The van der Waals surface area contributed by atoms with Crippen LogP contribution in [0.5, 0.6) is 5.75 Å². The first-order valence-corrected chi connectivity index (χ1v) is 12.1. The van der Waals surface area contributed by atoms with E-state index in [1.165, 1.54) is 14.6 Å². The Morgan fingerprint density at radius 2 is 1.51 bits per heavy atom. The molecule has 3 aromatic carbocycles. The molecule has 3 amide bonds. The number of aromatic hydroxyl groups is 1. The van der Waals surface area contributed by atoms with Crippen LogP contribution in [0.3, 0.4) is 0 Å². The topological polar surface area (TPSA) is 91.6 Å². The molecule has 1 aromatic heterocycles. The fourth-order valence-electron chi connectivity index (χ4n) is 4.49. The highest BCUT2D eigenvalue weighted by molar-refractivity contribution is 6.14. The summed E-state index contributed by atoms with van der Waals surface area (Å²) in [6, 6.07) is 18.4. The minimum atomic E-state index is -0.714. The van der Waals surface area contributed by atoms with Crippen LogP contribution < -0.4 is 0 Å². The largest absolute Gasteiger partial charge is 0.505 e. The Kier molecular flexibility index (Phi) is 5.82. The van der Waals surface area contributed by atoms with E-state index in [0.29, 0.717) is 22.3 Å². The Balaban J connectivity index is 1.58. The molecule has 1 saturated heterocycles. The van der Waals surface area contributed by atoms with E-state index < -0.39 is 11.6 Å². The van der Waals surface area contributed by atoms with Gasteiger partial charge in [0, 0.05) is 11.1 Å². The maximum Gasteiger partial charge on any atom is 0.332 e. The number of hydrogen-bond acceptors (Lipinski definition) is 5. The number of carbonyl (C=O) groups is 2. The first kappa shape index (κ1) is 24.2. The summed E-state index contributed by atoms with van der Waals surface area (Å²) in [6.07, 6.45) is 1.72. The monoisotopic (exact) mass is 495 g/mol. The molecule has 37 heavy (non-hydrogen) atoms. The molecule has 8 heteroatoms. The fourth-order valence-corrected chi connectivity index (χ4v) is 4.49. The fraction of sp³-hybridized carbons (Fsp3) is 0.241. The zero-order valence-corrected chi connectivity index (χ0v) is 21.6. The number of urea groups is 1. The van der Waals surface area contributed by atoms with E-state index in [1.54, 1.807) is 12.1 Å². The number of fused-ring (bicyclic) bond motifs is 1. The third-order valence-corrected chi connectivity index (χ3v) is 6.33. The second-order valence-electron chi connectivity index (χ2n) is 10.4. The molecule has 1 aliphatic heterocycles. The average Bonchev–Trinajstić information content (AvgIpc) is 3.36. The number of imide groups is 1. The molecule has 0 radical (unpaired) electrons. The van der Waals surface area contributed by atoms with E-state index in [9.17, 15) is 14.7 Å². The van der Waals surface area contributed by atoms with Crippen LogP contribution in [0.25, 0.3) is 22.8 Å². The predicted octanol–water partition coefficient (Wildman–Crippen LogP) is 5.35. The summed E-state index contributed by atoms with van der Waals surface area (Å²) in [5.41, 5.74) is 4.61. The van der Waals surface area contributed by atoms with E-state index in [-0.39, 0.29) is 23.9 Å². The standard InChI is InChI=1S/C29H29N5O3/c1-18-10-12-20(13-11-18)16-25-27(36)33(29(3,4)5)28(37)32(25)17-21-14-19(2)15-24(26(21)35)34-30-22-8-6-7-9-23(22)31-34/h6-16,35H,17H2,1-5H3/b25-16+. The van der Waals surface area contributed by atoms with Crippen molar-refractivity contribution in [2.45, 2.75) is 46.7 Å². The molecule has 2 heterocycles. The van der Waals surface area contributed by atoms with E-state index >= 15 is 0 Å².